The number of ether oxygens (including phenoxy) is 1. The van der Waals surface area contributed by atoms with Gasteiger partial charge < -0.3 is 14.2 Å². The molecule has 0 bridgehead atoms. The van der Waals surface area contributed by atoms with Crippen LogP contribution in [-0.2, 0) is 18.6 Å². The van der Waals surface area contributed by atoms with Crippen molar-refractivity contribution in [3.8, 4) is 0 Å². The Balaban J connectivity index is 2.79. The van der Waals surface area contributed by atoms with Crippen molar-refractivity contribution >= 4 is 13.6 Å². The molecule has 1 rings (SSSR count). The van der Waals surface area contributed by atoms with Crippen molar-refractivity contribution in [2.24, 2.45) is 0 Å². The van der Waals surface area contributed by atoms with Crippen LogP contribution < -0.4 is 0 Å². The summed E-state index contributed by atoms with van der Waals surface area (Å²) >= 11 is 0. The summed E-state index contributed by atoms with van der Waals surface area (Å²) in [6, 6.07) is 0. The molecule has 34 heavy (non-hydrogen) atoms. The Kier molecular flexibility index (Phi) is 15.2. The second-order valence-electron chi connectivity index (χ2n) is 10.3. The second-order valence-corrected chi connectivity index (χ2v) is 12.9. The summed E-state index contributed by atoms with van der Waals surface area (Å²) < 4.78 is 30.1. The minimum atomic E-state index is -3.15. The van der Waals surface area contributed by atoms with Crippen LogP contribution in [0.15, 0.2) is 0 Å². The average Bonchev–Trinajstić information content (AvgIpc) is 2.80. The zero-order chi connectivity index (χ0) is 25.6. The predicted octanol–water partition coefficient (Wildman–Crippen LogP) is 6.33. The summed E-state index contributed by atoms with van der Waals surface area (Å²) in [6.07, 6.45) is 12.8. The summed E-state index contributed by atoms with van der Waals surface area (Å²) in [5.41, 5.74) is -0.833. The van der Waals surface area contributed by atoms with Crippen molar-refractivity contribution in [3.63, 3.8) is 0 Å². The average molecular weight is 504 g/mol. The highest BCUT2D eigenvalue weighted by molar-refractivity contribution is 7.53. The molecule has 2 unspecified atom stereocenters. The molecule has 2 atom stereocenters. The van der Waals surface area contributed by atoms with Crippen molar-refractivity contribution in [2.45, 2.75) is 117 Å². The molecule has 1 aliphatic heterocycles. The van der Waals surface area contributed by atoms with Crippen molar-refractivity contribution < 1.29 is 18.6 Å². The molecule has 0 aromatic carbocycles. The van der Waals surface area contributed by atoms with E-state index in [1.165, 1.54) is 44.9 Å². The van der Waals surface area contributed by atoms with Crippen LogP contribution in [0.4, 0.5) is 0 Å². The third kappa shape index (κ3) is 10.3. The van der Waals surface area contributed by atoms with E-state index >= 15 is 0 Å². The maximum atomic E-state index is 14.2. The first-order chi connectivity index (χ1) is 16.1. The number of hydrogen-bond donors (Lipinski definition) is 0. The molecule has 1 amide bonds. The molecular formula is C26H54N3O4P. The van der Waals surface area contributed by atoms with Crippen LogP contribution in [0.5, 0.6) is 0 Å². The molecule has 0 spiro atoms. The van der Waals surface area contributed by atoms with Crippen LogP contribution in [0.1, 0.15) is 105 Å². The van der Waals surface area contributed by atoms with Gasteiger partial charge in [-0.25, -0.2) is 9.34 Å². The van der Waals surface area contributed by atoms with Gasteiger partial charge in [-0.2, -0.15) is 0 Å². The molecule has 0 aromatic rings. The van der Waals surface area contributed by atoms with Crippen LogP contribution in [0, 0.1) is 0 Å². The molecule has 0 saturated carbocycles. The Bertz CT molecular complexity index is 607. The van der Waals surface area contributed by atoms with Crippen LogP contribution in [0.2, 0.25) is 0 Å². The fourth-order valence-electron chi connectivity index (χ4n) is 4.59. The summed E-state index contributed by atoms with van der Waals surface area (Å²) in [4.78, 5) is 14.7. The zero-order valence-electron chi connectivity index (χ0n) is 23.3. The van der Waals surface area contributed by atoms with Gasteiger partial charge in [-0.1, -0.05) is 71.6 Å². The van der Waals surface area contributed by atoms with Crippen molar-refractivity contribution in [2.75, 3.05) is 46.9 Å². The van der Waals surface area contributed by atoms with E-state index in [2.05, 4.69) is 13.8 Å². The number of carbonyl (C=O) groups is 1. The van der Waals surface area contributed by atoms with Crippen LogP contribution in [0.3, 0.4) is 0 Å². The highest BCUT2D eigenvalue weighted by Gasteiger charge is 2.41. The lowest BCUT2D eigenvalue weighted by Gasteiger charge is -2.43. The van der Waals surface area contributed by atoms with Crippen LogP contribution >= 0.6 is 7.67 Å². The normalized spacial score (nSPS) is 18.3. The van der Waals surface area contributed by atoms with E-state index < -0.39 is 13.3 Å². The van der Waals surface area contributed by atoms with Crippen LogP contribution in [0.25, 0.3) is 0 Å². The highest BCUT2D eigenvalue weighted by Crippen LogP contribution is 2.54. The van der Waals surface area contributed by atoms with Gasteiger partial charge in [0.25, 0.3) is 5.91 Å². The number of unbranched alkanes of at least 4 members (excludes halogenated alkanes) is 7. The van der Waals surface area contributed by atoms with Gasteiger partial charge in [0.2, 0.25) is 0 Å². The van der Waals surface area contributed by atoms with Gasteiger partial charge in [0.1, 0.15) is 5.60 Å². The van der Waals surface area contributed by atoms with Crippen LogP contribution in [-0.4, -0.2) is 78.7 Å². The minimum absolute atomic E-state index is 0.00418. The van der Waals surface area contributed by atoms with E-state index in [-0.39, 0.29) is 12.0 Å². The molecule has 0 radical (unpaired) electrons. The maximum Gasteiger partial charge on any atom is 0.345 e. The number of amides is 1. The van der Waals surface area contributed by atoms with Gasteiger partial charge in [-0.3, -0.25) is 9.36 Å². The molecule has 202 valence electrons. The Morgan fingerprint density at radius 1 is 0.882 bits per heavy atom. The van der Waals surface area contributed by atoms with E-state index in [1.807, 2.05) is 44.4 Å². The van der Waals surface area contributed by atoms with E-state index in [9.17, 15) is 9.36 Å². The van der Waals surface area contributed by atoms with Crippen molar-refractivity contribution in [3.05, 3.63) is 0 Å². The van der Waals surface area contributed by atoms with E-state index in [0.29, 0.717) is 32.8 Å². The SMILES string of the molecule is CCCCCCCC(CCCCCC)OP(=O)(N(C)C)N1CCN(C(=O)C(C)(C)OCC)CC1. The lowest BCUT2D eigenvalue weighted by molar-refractivity contribution is -0.155. The zero-order valence-corrected chi connectivity index (χ0v) is 24.2. The van der Waals surface area contributed by atoms with Gasteiger partial charge in [0.15, 0.2) is 0 Å². The molecule has 1 aliphatic rings. The fraction of sp³-hybridized carbons (Fsp3) is 0.962. The Morgan fingerprint density at radius 3 is 1.85 bits per heavy atom. The Hall–Kier alpha value is -0.460. The molecule has 1 fully saturated rings. The first kappa shape index (κ1) is 31.6. The van der Waals surface area contributed by atoms with E-state index in [4.69, 9.17) is 9.26 Å². The summed E-state index contributed by atoms with van der Waals surface area (Å²) in [5, 5.41) is 0. The number of carbonyl (C=O) groups excluding carboxylic acids is 1. The Morgan fingerprint density at radius 2 is 1.38 bits per heavy atom. The topological polar surface area (TPSA) is 62.3 Å². The number of piperazine rings is 1. The lowest BCUT2D eigenvalue weighted by Crippen LogP contribution is -2.54. The molecule has 7 nitrogen and oxygen atoms in total. The van der Waals surface area contributed by atoms with Gasteiger partial charge in [-0.05, 0) is 47.7 Å². The Labute approximate surface area is 210 Å². The molecule has 0 N–H and O–H groups in total. The molecular weight excluding hydrogens is 449 g/mol. The van der Waals surface area contributed by atoms with Gasteiger partial charge in [0.05, 0.1) is 6.10 Å². The largest absolute Gasteiger partial charge is 0.366 e. The van der Waals surface area contributed by atoms with Gasteiger partial charge >= 0.3 is 7.67 Å². The van der Waals surface area contributed by atoms with E-state index in [1.54, 1.807) is 4.67 Å². The summed E-state index contributed by atoms with van der Waals surface area (Å²) in [6.45, 7) is 12.7. The summed E-state index contributed by atoms with van der Waals surface area (Å²) in [7, 11) is 0.554. The quantitative estimate of drug-likeness (QED) is 0.161. The van der Waals surface area contributed by atoms with Crippen molar-refractivity contribution in [1.29, 1.82) is 0 Å². The number of hydrogen-bond acceptors (Lipinski definition) is 4. The first-order valence-electron chi connectivity index (χ1n) is 13.8. The monoisotopic (exact) mass is 503 g/mol. The third-order valence-electron chi connectivity index (χ3n) is 6.72. The van der Waals surface area contributed by atoms with E-state index in [0.717, 1.165) is 25.7 Å². The third-order valence-corrected chi connectivity index (χ3v) is 9.42. The molecule has 1 saturated heterocycles. The molecule has 8 heteroatoms. The molecule has 1 heterocycles. The minimum Gasteiger partial charge on any atom is -0.366 e. The molecule has 0 aliphatic carbocycles. The smallest absolute Gasteiger partial charge is 0.345 e. The van der Waals surface area contributed by atoms with Gasteiger partial charge in [-0.15, -0.1) is 0 Å². The lowest BCUT2D eigenvalue weighted by atomic mass is 10.0. The van der Waals surface area contributed by atoms with Gasteiger partial charge in [0, 0.05) is 32.8 Å². The number of rotatable bonds is 18. The number of nitrogens with zero attached hydrogens (tertiary/aromatic N) is 3. The highest BCUT2D eigenvalue weighted by atomic mass is 31.2. The fourth-order valence-corrected chi connectivity index (χ4v) is 6.70. The summed E-state index contributed by atoms with van der Waals surface area (Å²) in [5.74, 6) is -0.00418. The first-order valence-corrected chi connectivity index (χ1v) is 15.3. The standard InChI is InChI=1S/C26H54N3O4P/c1-8-11-13-15-17-19-24(18-16-14-12-9-2)33-34(31,27(6)7)29-22-20-28(21-23-29)25(30)26(4,5)32-10-3/h24H,8-23H2,1-7H3. The molecule has 0 aromatic heterocycles. The maximum absolute atomic E-state index is 14.2. The van der Waals surface area contributed by atoms with Crippen molar-refractivity contribution in [1.82, 2.24) is 14.2 Å². The second kappa shape index (κ2) is 16.3. The predicted molar refractivity (Wildman–Crippen MR) is 142 cm³/mol.